The van der Waals surface area contributed by atoms with E-state index in [4.69, 9.17) is 0 Å². The van der Waals surface area contributed by atoms with Crippen molar-refractivity contribution in [3.05, 3.63) is 78.8 Å². The van der Waals surface area contributed by atoms with Gasteiger partial charge in [0.25, 0.3) is 0 Å². The Bertz CT molecular complexity index is 1100. The van der Waals surface area contributed by atoms with Gasteiger partial charge in [-0.05, 0) is 41.0 Å². The number of nitrogens with one attached hydrogen (secondary N) is 1. The summed E-state index contributed by atoms with van der Waals surface area (Å²) in [6.07, 6.45) is -1.50. The third-order valence-corrected chi connectivity index (χ3v) is 4.63. The van der Waals surface area contributed by atoms with Crippen LogP contribution in [0.4, 0.5) is 13.2 Å². The molecule has 2 aromatic heterocycles. The average molecular weight is 397 g/mol. The van der Waals surface area contributed by atoms with Gasteiger partial charge in [-0.3, -0.25) is 10.1 Å². The zero-order valence-electron chi connectivity index (χ0n) is 14.4. The summed E-state index contributed by atoms with van der Waals surface area (Å²) < 4.78 is 40.7. The minimum absolute atomic E-state index is 0.0215. The van der Waals surface area contributed by atoms with E-state index in [0.29, 0.717) is 11.1 Å². The van der Waals surface area contributed by atoms with E-state index in [9.17, 15) is 13.2 Å². The van der Waals surface area contributed by atoms with E-state index in [1.807, 2.05) is 24.3 Å². The van der Waals surface area contributed by atoms with Crippen LogP contribution in [-0.2, 0) is 6.18 Å². The number of hydrogen-bond acceptors (Lipinski definition) is 3. The fourth-order valence-corrected chi connectivity index (χ4v) is 3.29. The molecule has 0 spiro atoms. The Morgan fingerprint density at radius 1 is 0.786 bits per heavy atom. The maximum atomic E-state index is 13.6. The van der Waals surface area contributed by atoms with Crippen LogP contribution in [0.1, 0.15) is 5.69 Å². The number of hydrogen-bond donors (Lipinski definition) is 2. The summed E-state index contributed by atoms with van der Waals surface area (Å²) in [5.41, 5.74) is 2.21. The summed E-state index contributed by atoms with van der Waals surface area (Å²) in [4.78, 5) is 4.73. The minimum atomic E-state index is -4.55. The molecule has 3 nitrogen and oxygen atoms in total. The van der Waals surface area contributed by atoms with Crippen LogP contribution < -0.4 is 0 Å². The first kappa shape index (κ1) is 18.3. The summed E-state index contributed by atoms with van der Waals surface area (Å²) in [6, 6.07) is 17.8. The van der Waals surface area contributed by atoms with Gasteiger partial charge >= 0.3 is 6.18 Å². The number of aromatic amines is 1. The molecule has 4 aromatic rings. The molecule has 0 saturated carbocycles. The molecule has 0 aliphatic heterocycles. The Labute approximate surface area is 164 Å². The van der Waals surface area contributed by atoms with Crippen LogP contribution in [-0.4, -0.2) is 15.2 Å². The monoisotopic (exact) mass is 397 g/mol. The number of halogens is 3. The van der Waals surface area contributed by atoms with E-state index in [0.717, 1.165) is 16.0 Å². The van der Waals surface area contributed by atoms with Crippen molar-refractivity contribution >= 4 is 12.6 Å². The Morgan fingerprint density at radius 2 is 1.46 bits per heavy atom. The normalized spacial score (nSPS) is 11.6. The van der Waals surface area contributed by atoms with Crippen molar-refractivity contribution in [3.63, 3.8) is 0 Å². The molecule has 0 aliphatic carbocycles. The summed E-state index contributed by atoms with van der Waals surface area (Å²) in [5.74, 6) is 0. The summed E-state index contributed by atoms with van der Waals surface area (Å²) in [5, 5.41) is 6.10. The van der Waals surface area contributed by atoms with Gasteiger partial charge in [-0.1, -0.05) is 36.4 Å². The molecule has 0 saturated heterocycles. The lowest BCUT2D eigenvalue weighted by molar-refractivity contribution is -0.140. The van der Waals surface area contributed by atoms with Crippen LogP contribution in [0, 0.1) is 0 Å². The van der Waals surface area contributed by atoms with Crippen molar-refractivity contribution < 1.29 is 13.2 Å². The van der Waals surface area contributed by atoms with E-state index in [2.05, 4.69) is 27.8 Å². The summed E-state index contributed by atoms with van der Waals surface area (Å²) in [6.45, 7) is 0. The zero-order valence-corrected chi connectivity index (χ0v) is 15.3. The van der Waals surface area contributed by atoms with Gasteiger partial charge in [0.2, 0.25) is 0 Å². The smallest absolute Gasteiger partial charge is 0.272 e. The van der Waals surface area contributed by atoms with Gasteiger partial charge in [0.15, 0.2) is 0 Å². The van der Waals surface area contributed by atoms with Crippen LogP contribution in [0.25, 0.3) is 33.5 Å². The highest BCUT2D eigenvalue weighted by Crippen LogP contribution is 2.41. The highest BCUT2D eigenvalue weighted by molar-refractivity contribution is 7.80. The van der Waals surface area contributed by atoms with Crippen molar-refractivity contribution in [3.8, 4) is 33.5 Å². The molecule has 0 fully saturated rings. The summed E-state index contributed by atoms with van der Waals surface area (Å²) in [7, 11) is 0. The number of alkyl halides is 3. The van der Waals surface area contributed by atoms with Crippen molar-refractivity contribution in [1.82, 2.24) is 15.2 Å². The van der Waals surface area contributed by atoms with Crippen molar-refractivity contribution in [2.24, 2.45) is 0 Å². The van der Waals surface area contributed by atoms with Crippen LogP contribution >= 0.6 is 12.6 Å². The van der Waals surface area contributed by atoms with Crippen LogP contribution in [0.2, 0.25) is 0 Å². The van der Waals surface area contributed by atoms with Gasteiger partial charge in [-0.2, -0.15) is 18.3 Å². The van der Waals surface area contributed by atoms with E-state index >= 15 is 0 Å². The number of rotatable bonds is 3. The van der Waals surface area contributed by atoms with E-state index in [1.165, 1.54) is 12.4 Å². The van der Waals surface area contributed by atoms with Crippen molar-refractivity contribution in [2.75, 3.05) is 0 Å². The van der Waals surface area contributed by atoms with E-state index in [-0.39, 0.29) is 11.3 Å². The second-order valence-electron chi connectivity index (χ2n) is 6.18. The third kappa shape index (κ3) is 3.53. The van der Waals surface area contributed by atoms with E-state index in [1.54, 1.807) is 36.4 Å². The Hall–Kier alpha value is -3.06. The molecule has 4 rings (SSSR count). The van der Waals surface area contributed by atoms with Gasteiger partial charge in [0, 0.05) is 28.4 Å². The highest BCUT2D eigenvalue weighted by Gasteiger charge is 2.38. The van der Waals surface area contributed by atoms with Gasteiger partial charge in [0.05, 0.1) is 0 Å². The first-order valence-corrected chi connectivity index (χ1v) is 8.84. The molecular formula is C21H14F3N3S. The lowest BCUT2D eigenvalue weighted by Crippen LogP contribution is -2.07. The molecule has 28 heavy (non-hydrogen) atoms. The van der Waals surface area contributed by atoms with Gasteiger partial charge in [-0.15, -0.1) is 12.6 Å². The molecule has 0 unspecified atom stereocenters. The number of thiol groups is 1. The predicted octanol–water partition coefficient (Wildman–Crippen LogP) is 6.11. The molecule has 2 aromatic carbocycles. The maximum Gasteiger partial charge on any atom is 0.433 e. The lowest BCUT2D eigenvalue weighted by atomic mass is 9.96. The van der Waals surface area contributed by atoms with Gasteiger partial charge in [-0.25, -0.2) is 0 Å². The standard InChI is InChI=1S/C21H14F3N3S/c22-21(23,24)20-18(19(26-27-20)15-8-10-25-11-9-15)14-6-4-13(5-7-14)16-2-1-3-17(28)12-16/h1-12,28H,(H,26,27). The zero-order chi connectivity index (χ0) is 19.7. The number of H-pyrrole nitrogens is 1. The van der Waals surface area contributed by atoms with Gasteiger partial charge in [0.1, 0.15) is 11.4 Å². The Kier molecular flexibility index (Phi) is 4.68. The summed E-state index contributed by atoms with van der Waals surface area (Å²) >= 11 is 4.33. The fourth-order valence-electron chi connectivity index (χ4n) is 3.06. The average Bonchev–Trinajstić information content (AvgIpc) is 3.14. The number of aromatic nitrogens is 3. The second kappa shape index (κ2) is 7.16. The molecule has 1 N–H and O–H groups in total. The van der Waals surface area contributed by atoms with Crippen LogP contribution in [0.3, 0.4) is 0 Å². The molecule has 0 amide bonds. The minimum Gasteiger partial charge on any atom is -0.272 e. The molecule has 0 radical (unpaired) electrons. The topological polar surface area (TPSA) is 41.6 Å². The van der Waals surface area contributed by atoms with Crippen LogP contribution in [0.15, 0.2) is 78.0 Å². The molecule has 0 atom stereocenters. The number of benzene rings is 2. The highest BCUT2D eigenvalue weighted by atomic mass is 32.1. The Balaban J connectivity index is 1.83. The predicted molar refractivity (Wildman–Crippen MR) is 105 cm³/mol. The Morgan fingerprint density at radius 3 is 2.11 bits per heavy atom. The van der Waals surface area contributed by atoms with Gasteiger partial charge < -0.3 is 0 Å². The maximum absolute atomic E-state index is 13.6. The fraction of sp³-hybridized carbons (Fsp3) is 0.0476. The van der Waals surface area contributed by atoms with E-state index < -0.39 is 11.9 Å². The quantitative estimate of drug-likeness (QED) is 0.409. The first-order valence-electron chi connectivity index (χ1n) is 8.39. The molecular weight excluding hydrogens is 383 g/mol. The molecule has 0 aliphatic rings. The number of pyridine rings is 1. The molecule has 7 heteroatoms. The third-order valence-electron chi connectivity index (χ3n) is 4.36. The molecule has 140 valence electrons. The van der Waals surface area contributed by atoms with Crippen molar-refractivity contribution in [2.45, 2.75) is 11.1 Å². The first-order chi connectivity index (χ1) is 13.4. The number of nitrogens with zero attached hydrogens (tertiary/aromatic N) is 2. The van der Waals surface area contributed by atoms with Crippen LogP contribution in [0.5, 0.6) is 0 Å². The van der Waals surface area contributed by atoms with Crippen molar-refractivity contribution in [1.29, 1.82) is 0 Å². The second-order valence-corrected chi connectivity index (χ2v) is 6.70. The largest absolute Gasteiger partial charge is 0.433 e. The SMILES string of the molecule is FC(F)(F)c1[nH]nc(-c2ccncc2)c1-c1ccc(-c2cccc(S)c2)cc1. The molecule has 2 heterocycles. The lowest BCUT2D eigenvalue weighted by Gasteiger charge is -2.10. The molecule has 0 bridgehead atoms.